The van der Waals surface area contributed by atoms with Crippen molar-refractivity contribution in [2.24, 2.45) is 4.99 Å². The predicted molar refractivity (Wildman–Crippen MR) is 119 cm³/mol. The number of amides is 1. The second-order valence-electron chi connectivity index (χ2n) is 7.71. The Morgan fingerprint density at radius 2 is 2.10 bits per heavy atom. The molecule has 2 fully saturated rings. The van der Waals surface area contributed by atoms with Crippen molar-refractivity contribution in [1.82, 2.24) is 15.1 Å². The summed E-state index contributed by atoms with van der Waals surface area (Å²) in [5, 5.41) is 4.07. The first-order valence-electron chi connectivity index (χ1n) is 10.8. The first-order valence-corrected chi connectivity index (χ1v) is 11.2. The van der Waals surface area contributed by atoms with Gasteiger partial charge in [-0.1, -0.05) is 23.7 Å². The maximum absolute atomic E-state index is 12.6. The van der Waals surface area contributed by atoms with Crippen molar-refractivity contribution >= 4 is 23.5 Å². The largest absolute Gasteiger partial charge is 0.379 e. The van der Waals surface area contributed by atoms with Gasteiger partial charge in [-0.25, -0.2) is 0 Å². The van der Waals surface area contributed by atoms with Crippen LogP contribution in [-0.2, 0) is 20.7 Å². The van der Waals surface area contributed by atoms with Gasteiger partial charge in [0.25, 0.3) is 0 Å². The Hall–Kier alpha value is -1.83. The van der Waals surface area contributed by atoms with Crippen LogP contribution in [0.1, 0.15) is 24.8 Å². The lowest BCUT2D eigenvalue weighted by Gasteiger charge is -2.36. The fraction of sp³-hybridized carbons (Fsp3) is 0.636. The minimum atomic E-state index is 0.142. The number of carbonyl (C=O) groups is 1. The zero-order valence-corrected chi connectivity index (χ0v) is 18.6. The van der Waals surface area contributed by atoms with Crippen LogP contribution in [0, 0.1) is 0 Å². The molecule has 2 aliphatic rings. The maximum Gasteiger partial charge on any atom is 0.227 e. The van der Waals surface area contributed by atoms with Crippen LogP contribution < -0.4 is 5.32 Å². The molecule has 166 valence electrons. The molecular weight excluding hydrogens is 404 g/mol. The first kappa shape index (κ1) is 22.8. The van der Waals surface area contributed by atoms with Gasteiger partial charge in [0.2, 0.25) is 5.91 Å². The van der Waals surface area contributed by atoms with E-state index in [9.17, 15) is 4.79 Å². The molecule has 1 atom stereocenters. The number of nitrogens with zero attached hydrogens (tertiary/aromatic N) is 3. The predicted octanol–water partition coefficient (Wildman–Crippen LogP) is 2.19. The molecule has 1 aromatic carbocycles. The molecule has 0 radical (unpaired) electrons. The van der Waals surface area contributed by atoms with Crippen molar-refractivity contribution in [3.8, 4) is 0 Å². The highest BCUT2D eigenvalue weighted by Gasteiger charge is 2.23. The zero-order chi connectivity index (χ0) is 21.2. The summed E-state index contributed by atoms with van der Waals surface area (Å²) in [6, 6.07) is 7.50. The lowest BCUT2D eigenvalue weighted by molar-refractivity contribution is -0.131. The average molecular weight is 437 g/mol. The van der Waals surface area contributed by atoms with Crippen LogP contribution in [0.25, 0.3) is 0 Å². The van der Waals surface area contributed by atoms with E-state index in [-0.39, 0.29) is 12.0 Å². The van der Waals surface area contributed by atoms with Gasteiger partial charge in [-0.15, -0.1) is 0 Å². The summed E-state index contributed by atoms with van der Waals surface area (Å²) >= 11 is 6.02. The van der Waals surface area contributed by atoms with Crippen LogP contribution >= 0.6 is 11.6 Å². The Bertz CT molecular complexity index is 701. The topological polar surface area (TPSA) is 66.4 Å². The number of hydrogen-bond donors (Lipinski definition) is 1. The maximum atomic E-state index is 12.6. The van der Waals surface area contributed by atoms with Gasteiger partial charge in [0.1, 0.15) is 0 Å². The summed E-state index contributed by atoms with van der Waals surface area (Å²) in [6.07, 6.45) is 3.84. The molecule has 0 bridgehead atoms. The van der Waals surface area contributed by atoms with Crippen LogP contribution in [0.5, 0.6) is 0 Å². The molecule has 0 aromatic heterocycles. The molecule has 1 N–H and O–H groups in total. The van der Waals surface area contributed by atoms with E-state index in [0.29, 0.717) is 31.1 Å². The number of piperazine rings is 1. The van der Waals surface area contributed by atoms with E-state index in [1.54, 1.807) is 7.05 Å². The summed E-state index contributed by atoms with van der Waals surface area (Å²) < 4.78 is 11.3. The number of nitrogens with one attached hydrogen (secondary N) is 1. The van der Waals surface area contributed by atoms with Gasteiger partial charge >= 0.3 is 0 Å². The van der Waals surface area contributed by atoms with Crippen LogP contribution in [0.3, 0.4) is 0 Å². The van der Waals surface area contributed by atoms with Crippen molar-refractivity contribution in [3.05, 3.63) is 34.9 Å². The van der Waals surface area contributed by atoms with E-state index in [4.69, 9.17) is 21.1 Å². The Morgan fingerprint density at radius 1 is 1.30 bits per heavy atom. The molecule has 0 saturated carbocycles. The number of benzene rings is 1. The fourth-order valence-corrected chi connectivity index (χ4v) is 4.01. The Balaban J connectivity index is 1.32. The van der Waals surface area contributed by atoms with Gasteiger partial charge in [0, 0.05) is 58.0 Å². The molecule has 3 rings (SSSR count). The quantitative estimate of drug-likeness (QED) is 0.384. The van der Waals surface area contributed by atoms with Gasteiger partial charge < -0.3 is 24.6 Å². The summed E-state index contributed by atoms with van der Waals surface area (Å²) in [5.74, 6) is 1.03. The van der Waals surface area contributed by atoms with Crippen LogP contribution in [0.2, 0.25) is 5.02 Å². The molecule has 2 saturated heterocycles. The standard InChI is InChI=1S/C22H33ClN4O3/c1-24-22(25-8-4-13-29-17-20-7-3-14-30-20)27-11-9-26(10-12-27)21(28)16-18-5-2-6-19(23)15-18/h2,5-6,15,20H,3-4,7-14,16-17H2,1H3,(H,24,25). The molecule has 30 heavy (non-hydrogen) atoms. The number of aliphatic imine (C=N–C) groups is 1. The van der Waals surface area contributed by atoms with Gasteiger partial charge in [0.05, 0.1) is 19.1 Å². The number of hydrogen-bond acceptors (Lipinski definition) is 4. The molecule has 0 aliphatic carbocycles. The number of guanidine groups is 1. The van der Waals surface area contributed by atoms with Crippen molar-refractivity contribution in [2.75, 3.05) is 59.6 Å². The second kappa shape index (κ2) is 12.1. The third kappa shape index (κ3) is 7.15. The van der Waals surface area contributed by atoms with E-state index < -0.39 is 0 Å². The molecule has 2 aliphatic heterocycles. The third-order valence-corrected chi connectivity index (χ3v) is 5.70. The monoisotopic (exact) mass is 436 g/mol. The van der Waals surface area contributed by atoms with Gasteiger partial charge in [-0.2, -0.15) is 0 Å². The van der Waals surface area contributed by atoms with Crippen LogP contribution in [0.15, 0.2) is 29.3 Å². The van der Waals surface area contributed by atoms with Gasteiger partial charge in [-0.05, 0) is 37.0 Å². The van der Waals surface area contributed by atoms with Crippen molar-refractivity contribution in [1.29, 1.82) is 0 Å². The number of rotatable bonds is 8. The molecular formula is C22H33ClN4O3. The number of halogens is 1. The first-order chi connectivity index (χ1) is 14.7. The summed E-state index contributed by atoms with van der Waals surface area (Å²) in [6.45, 7) is 6.04. The molecule has 2 heterocycles. The lowest BCUT2D eigenvalue weighted by atomic mass is 10.1. The van der Waals surface area contributed by atoms with E-state index in [1.165, 1.54) is 0 Å². The molecule has 0 spiro atoms. The van der Waals surface area contributed by atoms with Gasteiger partial charge in [-0.3, -0.25) is 9.79 Å². The Labute approximate surface area is 184 Å². The van der Waals surface area contributed by atoms with Crippen LogP contribution in [-0.4, -0.2) is 87.4 Å². The minimum absolute atomic E-state index is 0.142. The molecule has 1 unspecified atom stereocenters. The Kier molecular flexibility index (Phi) is 9.24. The molecule has 8 heteroatoms. The molecule has 7 nitrogen and oxygen atoms in total. The van der Waals surface area contributed by atoms with Crippen LogP contribution in [0.4, 0.5) is 0 Å². The van der Waals surface area contributed by atoms with E-state index >= 15 is 0 Å². The highest BCUT2D eigenvalue weighted by Crippen LogP contribution is 2.13. The summed E-state index contributed by atoms with van der Waals surface area (Å²) in [7, 11) is 1.80. The number of carbonyl (C=O) groups excluding carboxylic acids is 1. The SMILES string of the molecule is CN=C(NCCCOCC1CCCO1)N1CCN(C(=O)Cc2cccc(Cl)c2)CC1. The van der Waals surface area contributed by atoms with E-state index in [0.717, 1.165) is 63.6 Å². The normalized spacial score (nSPS) is 19.9. The van der Waals surface area contributed by atoms with E-state index in [2.05, 4.69) is 15.2 Å². The smallest absolute Gasteiger partial charge is 0.227 e. The fourth-order valence-electron chi connectivity index (χ4n) is 3.80. The van der Waals surface area contributed by atoms with Crippen molar-refractivity contribution in [2.45, 2.75) is 31.8 Å². The summed E-state index contributed by atoms with van der Waals surface area (Å²) in [5.41, 5.74) is 0.953. The molecule has 1 amide bonds. The molecule has 1 aromatic rings. The van der Waals surface area contributed by atoms with Gasteiger partial charge in [0.15, 0.2) is 5.96 Å². The Morgan fingerprint density at radius 3 is 2.80 bits per heavy atom. The van der Waals surface area contributed by atoms with Crippen molar-refractivity contribution in [3.63, 3.8) is 0 Å². The second-order valence-corrected chi connectivity index (χ2v) is 8.15. The lowest BCUT2D eigenvalue weighted by Crippen LogP contribution is -2.54. The summed E-state index contributed by atoms with van der Waals surface area (Å²) in [4.78, 5) is 21.1. The zero-order valence-electron chi connectivity index (χ0n) is 17.8. The van der Waals surface area contributed by atoms with Crippen molar-refractivity contribution < 1.29 is 14.3 Å². The minimum Gasteiger partial charge on any atom is -0.379 e. The average Bonchev–Trinajstić information content (AvgIpc) is 3.27. The highest BCUT2D eigenvalue weighted by molar-refractivity contribution is 6.30. The number of ether oxygens (including phenoxy) is 2. The third-order valence-electron chi connectivity index (χ3n) is 5.46. The van der Waals surface area contributed by atoms with E-state index in [1.807, 2.05) is 29.2 Å². The highest BCUT2D eigenvalue weighted by atomic mass is 35.5.